The molecule has 1 fully saturated rings. The van der Waals surface area contributed by atoms with Crippen LogP contribution in [0.25, 0.3) is 0 Å². The van der Waals surface area contributed by atoms with Gasteiger partial charge in [0.25, 0.3) is 5.91 Å². The van der Waals surface area contributed by atoms with E-state index in [9.17, 15) is 4.79 Å². The molecule has 1 aromatic rings. The van der Waals surface area contributed by atoms with Crippen LogP contribution in [0.5, 0.6) is 0 Å². The maximum Gasteiger partial charge on any atom is 0.251 e. The summed E-state index contributed by atoms with van der Waals surface area (Å²) in [7, 11) is 0. The fourth-order valence-electron chi connectivity index (χ4n) is 2.58. The van der Waals surface area contributed by atoms with Gasteiger partial charge in [0, 0.05) is 17.4 Å². The molecule has 0 aromatic heterocycles. The minimum Gasteiger partial charge on any atom is -0.372 e. The molecule has 1 N–H and O–H groups in total. The number of halogens is 1. The standard InChI is InChI=1S/C15H18BrNO2/c16-6-5-15(3-4-15)10-17-14(18)11-1-2-12-8-19-9-13(12)7-11/h1-2,7H,3-6,8-10H2,(H,17,18). The summed E-state index contributed by atoms with van der Waals surface area (Å²) in [4.78, 5) is 12.2. The second-order valence-electron chi connectivity index (χ2n) is 5.60. The molecule has 19 heavy (non-hydrogen) atoms. The van der Waals surface area contributed by atoms with Gasteiger partial charge in [0.15, 0.2) is 0 Å². The Bertz CT molecular complexity index is 497. The van der Waals surface area contributed by atoms with E-state index >= 15 is 0 Å². The van der Waals surface area contributed by atoms with Gasteiger partial charge in [0.2, 0.25) is 0 Å². The van der Waals surface area contributed by atoms with Crippen LogP contribution in [0.4, 0.5) is 0 Å². The molecule has 1 aromatic carbocycles. The van der Waals surface area contributed by atoms with E-state index < -0.39 is 0 Å². The molecule has 0 radical (unpaired) electrons. The summed E-state index contributed by atoms with van der Waals surface area (Å²) in [6.07, 6.45) is 3.61. The Labute approximate surface area is 121 Å². The molecule has 0 saturated heterocycles. The maximum atomic E-state index is 12.2. The summed E-state index contributed by atoms with van der Waals surface area (Å²) >= 11 is 3.48. The molecule has 1 aliphatic carbocycles. The third-order valence-corrected chi connectivity index (χ3v) is 4.59. The third kappa shape index (κ3) is 2.84. The van der Waals surface area contributed by atoms with Crippen molar-refractivity contribution in [2.24, 2.45) is 5.41 Å². The van der Waals surface area contributed by atoms with E-state index in [1.807, 2.05) is 18.2 Å². The summed E-state index contributed by atoms with van der Waals surface area (Å²) in [5, 5.41) is 4.09. The predicted octanol–water partition coefficient (Wildman–Crippen LogP) is 3.01. The molecule has 102 valence electrons. The van der Waals surface area contributed by atoms with E-state index in [1.54, 1.807) is 0 Å². The zero-order valence-corrected chi connectivity index (χ0v) is 12.5. The van der Waals surface area contributed by atoms with Crippen molar-refractivity contribution in [2.45, 2.75) is 32.5 Å². The summed E-state index contributed by atoms with van der Waals surface area (Å²) in [5.74, 6) is 0.0375. The van der Waals surface area contributed by atoms with Gasteiger partial charge in [-0.1, -0.05) is 22.0 Å². The number of carbonyl (C=O) groups is 1. The lowest BCUT2D eigenvalue weighted by atomic mass is 10.0. The zero-order chi connectivity index (χ0) is 13.3. The van der Waals surface area contributed by atoms with Gasteiger partial charge in [0.05, 0.1) is 13.2 Å². The molecule has 0 spiro atoms. The predicted molar refractivity (Wildman–Crippen MR) is 77.3 cm³/mol. The maximum absolute atomic E-state index is 12.2. The van der Waals surface area contributed by atoms with E-state index in [2.05, 4.69) is 21.2 Å². The Morgan fingerprint density at radius 3 is 2.84 bits per heavy atom. The highest BCUT2D eigenvalue weighted by molar-refractivity contribution is 9.09. The molecule has 0 unspecified atom stereocenters. The van der Waals surface area contributed by atoms with Crippen molar-refractivity contribution in [1.82, 2.24) is 5.32 Å². The summed E-state index contributed by atoms with van der Waals surface area (Å²) in [6.45, 7) is 2.10. The van der Waals surface area contributed by atoms with Crippen molar-refractivity contribution in [2.75, 3.05) is 11.9 Å². The smallest absolute Gasteiger partial charge is 0.251 e. The first-order chi connectivity index (χ1) is 9.22. The molecule has 1 aliphatic heterocycles. The Morgan fingerprint density at radius 2 is 2.11 bits per heavy atom. The van der Waals surface area contributed by atoms with Crippen molar-refractivity contribution in [3.63, 3.8) is 0 Å². The average molecular weight is 324 g/mol. The van der Waals surface area contributed by atoms with Crippen LogP contribution in [-0.4, -0.2) is 17.8 Å². The molecule has 0 atom stereocenters. The number of hydrogen-bond acceptors (Lipinski definition) is 2. The van der Waals surface area contributed by atoms with E-state index in [1.165, 1.54) is 18.4 Å². The second kappa shape index (κ2) is 5.25. The van der Waals surface area contributed by atoms with Crippen molar-refractivity contribution in [1.29, 1.82) is 0 Å². The van der Waals surface area contributed by atoms with Crippen molar-refractivity contribution < 1.29 is 9.53 Å². The lowest BCUT2D eigenvalue weighted by molar-refractivity contribution is 0.0944. The summed E-state index contributed by atoms with van der Waals surface area (Å²) in [5.41, 5.74) is 3.46. The van der Waals surface area contributed by atoms with Crippen molar-refractivity contribution in [3.05, 3.63) is 34.9 Å². The molecule has 2 aliphatic rings. The van der Waals surface area contributed by atoms with Crippen LogP contribution in [0.1, 0.15) is 40.7 Å². The molecule has 0 bridgehead atoms. The molecule has 4 heteroatoms. The molecule has 3 nitrogen and oxygen atoms in total. The number of ether oxygens (including phenoxy) is 1. The minimum atomic E-state index is 0.0375. The number of carbonyl (C=O) groups excluding carboxylic acids is 1. The summed E-state index contributed by atoms with van der Waals surface area (Å²) < 4.78 is 5.37. The largest absolute Gasteiger partial charge is 0.372 e. The number of hydrogen-bond donors (Lipinski definition) is 1. The normalized spacial score (nSPS) is 19.0. The van der Waals surface area contributed by atoms with E-state index in [0.29, 0.717) is 18.6 Å². The quantitative estimate of drug-likeness (QED) is 0.846. The Hall–Kier alpha value is -0.870. The number of alkyl halides is 1. The van der Waals surface area contributed by atoms with Gasteiger partial charge in [-0.15, -0.1) is 0 Å². The van der Waals surface area contributed by atoms with Crippen LogP contribution in [0.2, 0.25) is 0 Å². The first-order valence-electron chi connectivity index (χ1n) is 6.76. The van der Waals surface area contributed by atoms with Gasteiger partial charge in [-0.3, -0.25) is 4.79 Å². The molecule has 1 saturated carbocycles. The number of nitrogens with one attached hydrogen (secondary N) is 1. The molecule has 1 amide bonds. The topological polar surface area (TPSA) is 38.3 Å². The first-order valence-corrected chi connectivity index (χ1v) is 7.88. The van der Waals surface area contributed by atoms with E-state index in [4.69, 9.17) is 4.74 Å². The van der Waals surface area contributed by atoms with Gasteiger partial charge < -0.3 is 10.1 Å². The Kier molecular flexibility index (Phi) is 3.63. The average Bonchev–Trinajstić information content (AvgIpc) is 3.02. The van der Waals surface area contributed by atoms with Crippen LogP contribution >= 0.6 is 15.9 Å². The van der Waals surface area contributed by atoms with Gasteiger partial charge in [0.1, 0.15) is 0 Å². The van der Waals surface area contributed by atoms with Crippen molar-refractivity contribution >= 4 is 21.8 Å². The highest BCUT2D eigenvalue weighted by atomic mass is 79.9. The Balaban J connectivity index is 1.61. The highest BCUT2D eigenvalue weighted by Gasteiger charge is 2.41. The lowest BCUT2D eigenvalue weighted by Gasteiger charge is -2.14. The molecule has 1 heterocycles. The Morgan fingerprint density at radius 1 is 1.32 bits per heavy atom. The highest BCUT2D eigenvalue weighted by Crippen LogP contribution is 2.48. The van der Waals surface area contributed by atoms with Crippen LogP contribution in [0, 0.1) is 5.41 Å². The first kappa shape index (κ1) is 13.1. The van der Waals surface area contributed by atoms with Gasteiger partial charge in [-0.05, 0) is 47.9 Å². The van der Waals surface area contributed by atoms with E-state index in [-0.39, 0.29) is 5.91 Å². The van der Waals surface area contributed by atoms with Crippen LogP contribution in [-0.2, 0) is 18.0 Å². The third-order valence-electron chi connectivity index (χ3n) is 4.19. The number of rotatable bonds is 5. The van der Waals surface area contributed by atoms with E-state index in [0.717, 1.165) is 29.4 Å². The number of fused-ring (bicyclic) bond motifs is 1. The van der Waals surface area contributed by atoms with Gasteiger partial charge >= 0.3 is 0 Å². The minimum absolute atomic E-state index is 0.0375. The molecule has 3 rings (SSSR count). The summed E-state index contributed by atoms with van der Waals surface area (Å²) in [6, 6.07) is 5.86. The number of amides is 1. The van der Waals surface area contributed by atoms with Gasteiger partial charge in [-0.2, -0.15) is 0 Å². The monoisotopic (exact) mass is 323 g/mol. The van der Waals surface area contributed by atoms with Gasteiger partial charge in [-0.25, -0.2) is 0 Å². The van der Waals surface area contributed by atoms with Crippen LogP contribution < -0.4 is 5.32 Å². The van der Waals surface area contributed by atoms with Crippen molar-refractivity contribution in [3.8, 4) is 0 Å². The van der Waals surface area contributed by atoms with Crippen LogP contribution in [0.15, 0.2) is 18.2 Å². The SMILES string of the molecule is O=C(NCC1(CCBr)CC1)c1ccc2c(c1)COC2. The molecular formula is C15H18BrNO2. The fourth-order valence-corrected chi connectivity index (χ4v) is 3.42. The van der Waals surface area contributed by atoms with Crippen LogP contribution in [0.3, 0.4) is 0 Å². The fraction of sp³-hybridized carbons (Fsp3) is 0.533. The number of benzene rings is 1. The second-order valence-corrected chi connectivity index (χ2v) is 6.39. The lowest BCUT2D eigenvalue weighted by Crippen LogP contribution is -2.30. The molecular weight excluding hydrogens is 306 g/mol. The zero-order valence-electron chi connectivity index (χ0n) is 10.9.